The topological polar surface area (TPSA) is 77.8 Å². The zero-order chi connectivity index (χ0) is 14.5. The highest BCUT2D eigenvalue weighted by atomic mass is 19.1. The fourth-order valence-electron chi connectivity index (χ4n) is 1.92. The van der Waals surface area contributed by atoms with Crippen LogP contribution in [0.15, 0.2) is 22.9 Å². The number of hydrogen-bond donors (Lipinski definition) is 1. The monoisotopic (exact) mass is 278 g/mol. The van der Waals surface area contributed by atoms with Gasteiger partial charge >= 0.3 is 0 Å². The Balaban J connectivity index is 1.99. The van der Waals surface area contributed by atoms with Crippen molar-refractivity contribution in [2.75, 3.05) is 0 Å². The van der Waals surface area contributed by atoms with E-state index in [1.807, 2.05) is 13.8 Å². The summed E-state index contributed by atoms with van der Waals surface area (Å²) in [6.45, 7) is 4.03. The van der Waals surface area contributed by atoms with Gasteiger partial charge in [-0.1, -0.05) is 18.5 Å². The first-order valence-corrected chi connectivity index (χ1v) is 6.77. The molecule has 0 spiro atoms. The maximum Gasteiger partial charge on any atom is 0.229 e. The van der Waals surface area contributed by atoms with Gasteiger partial charge in [0.25, 0.3) is 0 Å². The lowest BCUT2D eigenvalue weighted by Crippen LogP contribution is -2.14. The van der Waals surface area contributed by atoms with Crippen molar-refractivity contribution in [3.8, 4) is 11.5 Å². The normalized spacial score (nSPS) is 14.2. The zero-order valence-electron chi connectivity index (χ0n) is 11.7. The van der Waals surface area contributed by atoms with Gasteiger partial charge < -0.3 is 10.3 Å². The lowest BCUT2D eigenvalue weighted by Gasteiger charge is -2.07. The van der Waals surface area contributed by atoms with Gasteiger partial charge in [0.1, 0.15) is 11.5 Å². The van der Waals surface area contributed by atoms with Crippen LogP contribution in [0.25, 0.3) is 11.5 Å². The lowest BCUT2D eigenvalue weighted by molar-refractivity contribution is 0.349. The van der Waals surface area contributed by atoms with Crippen molar-refractivity contribution in [2.45, 2.75) is 45.1 Å². The molecule has 6 heteroatoms. The molecule has 108 valence electrons. The first-order chi connectivity index (χ1) is 9.56. The molecule has 2 heterocycles. The third kappa shape index (κ3) is 3.84. The Kier molecular flexibility index (Phi) is 4.79. The average molecular weight is 278 g/mol. The SMILES string of the molecule is CC(N)CCCC(C)c1nc(-c2ccc(F)cn2)no1. The van der Waals surface area contributed by atoms with E-state index < -0.39 is 0 Å². The molecule has 0 aliphatic heterocycles. The largest absolute Gasteiger partial charge is 0.339 e. The fraction of sp³-hybridized carbons (Fsp3) is 0.500. The van der Waals surface area contributed by atoms with Crippen molar-refractivity contribution in [2.24, 2.45) is 5.73 Å². The summed E-state index contributed by atoms with van der Waals surface area (Å²) >= 11 is 0. The number of rotatable bonds is 6. The average Bonchev–Trinajstić information content (AvgIpc) is 2.88. The van der Waals surface area contributed by atoms with E-state index in [0.717, 1.165) is 25.5 Å². The van der Waals surface area contributed by atoms with Gasteiger partial charge in [0.05, 0.1) is 6.20 Å². The smallest absolute Gasteiger partial charge is 0.229 e. The van der Waals surface area contributed by atoms with Crippen molar-refractivity contribution < 1.29 is 8.91 Å². The predicted octanol–water partition coefficient (Wildman–Crippen LogP) is 2.89. The van der Waals surface area contributed by atoms with Crippen molar-refractivity contribution in [3.63, 3.8) is 0 Å². The zero-order valence-corrected chi connectivity index (χ0v) is 11.7. The summed E-state index contributed by atoms with van der Waals surface area (Å²) in [6.07, 6.45) is 4.08. The van der Waals surface area contributed by atoms with Gasteiger partial charge in [-0.2, -0.15) is 4.98 Å². The highest BCUT2D eigenvalue weighted by molar-refractivity contribution is 5.47. The minimum Gasteiger partial charge on any atom is -0.339 e. The van der Waals surface area contributed by atoms with Gasteiger partial charge in [-0.05, 0) is 31.9 Å². The Labute approximate surface area is 117 Å². The van der Waals surface area contributed by atoms with Crippen LogP contribution in [0, 0.1) is 5.82 Å². The van der Waals surface area contributed by atoms with Gasteiger partial charge in [-0.25, -0.2) is 9.37 Å². The van der Waals surface area contributed by atoms with E-state index in [1.54, 1.807) is 0 Å². The number of hydrogen-bond acceptors (Lipinski definition) is 5. The summed E-state index contributed by atoms with van der Waals surface area (Å²) in [6, 6.07) is 3.07. The van der Waals surface area contributed by atoms with Crippen LogP contribution in [0.5, 0.6) is 0 Å². The molecule has 5 nitrogen and oxygen atoms in total. The van der Waals surface area contributed by atoms with Gasteiger partial charge in [-0.15, -0.1) is 0 Å². The van der Waals surface area contributed by atoms with Crippen LogP contribution in [0.3, 0.4) is 0 Å². The highest BCUT2D eigenvalue weighted by Crippen LogP contribution is 2.22. The van der Waals surface area contributed by atoms with Crippen LogP contribution in [0.2, 0.25) is 0 Å². The lowest BCUT2D eigenvalue weighted by atomic mass is 10.0. The number of nitrogens with zero attached hydrogens (tertiary/aromatic N) is 3. The summed E-state index contributed by atoms with van der Waals surface area (Å²) in [5, 5.41) is 3.88. The highest BCUT2D eigenvalue weighted by Gasteiger charge is 2.15. The van der Waals surface area contributed by atoms with E-state index in [4.69, 9.17) is 10.3 Å². The molecular formula is C14H19FN4O. The summed E-state index contributed by atoms with van der Waals surface area (Å²) in [4.78, 5) is 8.24. The molecule has 0 saturated carbocycles. The van der Waals surface area contributed by atoms with Crippen LogP contribution in [-0.4, -0.2) is 21.2 Å². The first kappa shape index (κ1) is 14.6. The molecule has 0 bridgehead atoms. The molecule has 2 N–H and O–H groups in total. The molecule has 0 fully saturated rings. The van der Waals surface area contributed by atoms with Crippen molar-refractivity contribution in [1.29, 1.82) is 0 Å². The first-order valence-electron chi connectivity index (χ1n) is 6.77. The van der Waals surface area contributed by atoms with E-state index in [1.165, 1.54) is 12.1 Å². The summed E-state index contributed by atoms with van der Waals surface area (Å²) < 4.78 is 18.0. The quantitative estimate of drug-likeness (QED) is 0.879. The number of nitrogens with two attached hydrogens (primary N) is 1. The number of halogens is 1. The van der Waals surface area contributed by atoms with Gasteiger partial charge in [0.2, 0.25) is 11.7 Å². The van der Waals surface area contributed by atoms with Crippen molar-refractivity contribution >= 4 is 0 Å². The Morgan fingerprint density at radius 2 is 2.10 bits per heavy atom. The molecule has 20 heavy (non-hydrogen) atoms. The Hall–Kier alpha value is -1.82. The van der Waals surface area contributed by atoms with Crippen LogP contribution in [0.1, 0.15) is 44.9 Å². The van der Waals surface area contributed by atoms with Crippen LogP contribution >= 0.6 is 0 Å². The molecular weight excluding hydrogens is 259 g/mol. The molecule has 2 rings (SSSR count). The van der Waals surface area contributed by atoms with E-state index in [-0.39, 0.29) is 17.8 Å². The molecule has 0 radical (unpaired) electrons. The Morgan fingerprint density at radius 1 is 1.30 bits per heavy atom. The van der Waals surface area contributed by atoms with E-state index in [2.05, 4.69) is 15.1 Å². The fourth-order valence-corrected chi connectivity index (χ4v) is 1.92. The van der Waals surface area contributed by atoms with E-state index in [9.17, 15) is 4.39 Å². The maximum absolute atomic E-state index is 12.8. The summed E-state index contributed by atoms with van der Waals surface area (Å²) in [5.41, 5.74) is 6.22. The van der Waals surface area contributed by atoms with Crippen LogP contribution in [0.4, 0.5) is 4.39 Å². The Morgan fingerprint density at radius 3 is 2.75 bits per heavy atom. The third-order valence-corrected chi connectivity index (χ3v) is 3.12. The van der Waals surface area contributed by atoms with Crippen molar-refractivity contribution in [3.05, 3.63) is 30.0 Å². The van der Waals surface area contributed by atoms with Crippen molar-refractivity contribution in [1.82, 2.24) is 15.1 Å². The van der Waals surface area contributed by atoms with Crippen LogP contribution in [-0.2, 0) is 0 Å². The summed E-state index contributed by atoms with van der Waals surface area (Å²) in [5.74, 6) is 0.757. The molecule has 2 aromatic rings. The molecule has 2 unspecified atom stereocenters. The minimum absolute atomic E-state index is 0.176. The van der Waals surface area contributed by atoms with E-state index in [0.29, 0.717) is 17.4 Å². The van der Waals surface area contributed by atoms with Gasteiger partial charge in [-0.3, -0.25) is 0 Å². The second kappa shape index (κ2) is 6.56. The molecule has 2 aromatic heterocycles. The standard InChI is InChI=1S/C14H19FN4O/c1-9(4-3-5-10(2)16)14-18-13(19-20-14)12-7-6-11(15)8-17-12/h6-10H,3-5,16H2,1-2H3. The number of aromatic nitrogens is 3. The maximum atomic E-state index is 12.8. The molecule has 2 atom stereocenters. The molecule has 0 aliphatic carbocycles. The Bertz CT molecular complexity index is 538. The predicted molar refractivity (Wildman–Crippen MR) is 73.4 cm³/mol. The third-order valence-electron chi connectivity index (χ3n) is 3.12. The van der Waals surface area contributed by atoms with Crippen LogP contribution < -0.4 is 5.73 Å². The second-order valence-corrected chi connectivity index (χ2v) is 5.13. The van der Waals surface area contributed by atoms with Gasteiger partial charge in [0.15, 0.2) is 0 Å². The van der Waals surface area contributed by atoms with E-state index >= 15 is 0 Å². The second-order valence-electron chi connectivity index (χ2n) is 5.13. The summed E-state index contributed by atoms with van der Waals surface area (Å²) in [7, 11) is 0. The molecule has 0 aromatic carbocycles. The molecule has 0 aliphatic rings. The van der Waals surface area contributed by atoms with Gasteiger partial charge in [0, 0.05) is 12.0 Å². The number of pyridine rings is 1. The molecule has 0 amide bonds. The molecule has 0 saturated heterocycles. The minimum atomic E-state index is -0.387.